The first-order valence-electron chi connectivity index (χ1n) is 10.3. The summed E-state index contributed by atoms with van der Waals surface area (Å²) in [6.07, 6.45) is -3.32. The van der Waals surface area contributed by atoms with Crippen molar-refractivity contribution in [3.63, 3.8) is 0 Å². The van der Waals surface area contributed by atoms with Gasteiger partial charge in [-0.15, -0.1) is 0 Å². The number of aromatic nitrogens is 3. The van der Waals surface area contributed by atoms with Crippen molar-refractivity contribution in [3.05, 3.63) is 93.8 Å². The van der Waals surface area contributed by atoms with Crippen LogP contribution in [0, 0.1) is 6.92 Å². The molecular weight excluding hydrogens is 447 g/mol. The third-order valence-electron chi connectivity index (χ3n) is 5.32. The number of nitrogens with one attached hydrogen (secondary N) is 1. The second-order valence-corrected chi connectivity index (χ2v) is 7.75. The topological polar surface area (TPSA) is 103 Å². The number of carbonyl (C=O) groups excluding carboxylic acids is 1. The average molecular weight is 467 g/mol. The molecule has 0 aliphatic rings. The molecule has 1 atom stereocenters. The zero-order chi connectivity index (χ0) is 24.6. The maximum absolute atomic E-state index is 13.7. The minimum Gasteiger partial charge on any atom is -0.382 e. The number of para-hydroxylation sites is 1. The summed E-state index contributed by atoms with van der Waals surface area (Å²) in [7, 11) is 0. The van der Waals surface area contributed by atoms with Crippen LogP contribution < -0.4 is 16.6 Å². The van der Waals surface area contributed by atoms with Gasteiger partial charge in [0.05, 0.1) is 22.7 Å². The van der Waals surface area contributed by atoms with Gasteiger partial charge in [-0.1, -0.05) is 30.3 Å². The Bertz CT molecular complexity index is 1450. The molecule has 1 unspecified atom stereocenters. The summed E-state index contributed by atoms with van der Waals surface area (Å²) in [5, 5.41) is 2.38. The molecule has 7 nitrogen and oxygen atoms in total. The van der Waals surface area contributed by atoms with Crippen molar-refractivity contribution in [1.29, 1.82) is 0 Å². The van der Waals surface area contributed by atoms with E-state index in [4.69, 9.17) is 5.73 Å². The van der Waals surface area contributed by atoms with E-state index in [1.54, 1.807) is 44.2 Å². The van der Waals surface area contributed by atoms with Crippen molar-refractivity contribution in [2.24, 2.45) is 0 Å². The number of halogens is 3. The Balaban J connectivity index is 1.89. The number of aryl methyl sites for hydroxylation is 1. The molecule has 3 N–H and O–H groups in total. The van der Waals surface area contributed by atoms with Crippen LogP contribution >= 0.6 is 0 Å². The molecule has 1 amide bonds. The van der Waals surface area contributed by atoms with E-state index in [9.17, 15) is 22.8 Å². The lowest BCUT2D eigenvalue weighted by atomic mass is 10.0. The smallest absolute Gasteiger partial charge is 0.382 e. The molecule has 34 heavy (non-hydrogen) atoms. The number of carbonyl (C=O) groups is 1. The summed E-state index contributed by atoms with van der Waals surface area (Å²) < 4.78 is 42.2. The van der Waals surface area contributed by atoms with Crippen LogP contribution in [0.2, 0.25) is 0 Å². The van der Waals surface area contributed by atoms with Gasteiger partial charge < -0.3 is 11.1 Å². The fourth-order valence-corrected chi connectivity index (χ4v) is 3.79. The average Bonchev–Trinajstić information content (AvgIpc) is 2.78. The fraction of sp³-hybridized carbons (Fsp3) is 0.167. The molecule has 10 heteroatoms. The summed E-state index contributed by atoms with van der Waals surface area (Å²) in [6.45, 7) is 3.29. The van der Waals surface area contributed by atoms with E-state index in [0.717, 1.165) is 6.07 Å². The SMILES string of the molecule is Cc1cnc(C(=O)NC(C)c2cc3cccc(C(F)(F)F)c3c(=O)n2-c2ccccc2)c(N)n1. The Morgan fingerprint density at radius 1 is 1.12 bits per heavy atom. The normalized spacial score (nSPS) is 12.5. The van der Waals surface area contributed by atoms with Gasteiger partial charge in [0.2, 0.25) is 0 Å². The summed E-state index contributed by atoms with van der Waals surface area (Å²) in [5.74, 6) is -0.688. The number of hydrogen-bond acceptors (Lipinski definition) is 5. The van der Waals surface area contributed by atoms with E-state index >= 15 is 0 Å². The van der Waals surface area contributed by atoms with Crippen LogP contribution in [0.4, 0.5) is 19.0 Å². The van der Waals surface area contributed by atoms with Crippen LogP contribution in [0.25, 0.3) is 16.5 Å². The van der Waals surface area contributed by atoms with Gasteiger partial charge in [-0.25, -0.2) is 9.97 Å². The highest BCUT2D eigenvalue weighted by molar-refractivity contribution is 5.96. The number of nitrogen functional groups attached to an aromatic ring is 1. The van der Waals surface area contributed by atoms with Crippen molar-refractivity contribution < 1.29 is 18.0 Å². The number of fused-ring (bicyclic) bond motifs is 1. The highest BCUT2D eigenvalue weighted by Gasteiger charge is 2.34. The molecule has 4 rings (SSSR count). The standard InChI is InChI=1S/C24H20F3N5O2/c1-13-12-29-20(21(28)30-13)22(33)31-14(2)18-11-15-7-6-10-17(24(25,26)27)19(15)23(34)32(18)16-8-4-3-5-9-16/h3-12,14H,1-2H3,(H2,28,30)(H,31,33). The number of rotatable bonds is 4. The Morgan fingerprint density at radius 3 is 2.47 bits per heavy atom. The van der Waals surface area contributed by atoms with Gasteiger partial charge in [-0.05, 0) is 43.5 Å². The van der Waals surface area contributed by atoms with Gasteiger partial charge in [0.1, 0.15) is 0 Å². The third-order valence-corrected chi connectivity index (χ3v) is 5.32. The molecule has 0 saturated carbocycles. The Kier molecular flexibility index (Phi) is 5.82. The van der Waals surface area contributed by atoms with E-state index in [-0.39, 0.29) is 22.6 Å². The lowest BCUT2D eigenvalue weighted by Gasteiger charge is -2.22. The van der Waals surface area contributed by atoms with Crippen molar-refractivity contribution in [2.75, 3.05) is 5.73 Å². The third kappa shape index (κ3) is 4.21. The largest absolute Gasteiger partial charge is 0.417 e. The van der Waals surface area contributed by atoms with Gasteiger partial charge in [0.25, 0.3) is 11.5 Å². The van der Waals surface area contributed by atoms with Gasteiger partial charge in [0.15, 0.2) is 11.5 Å². The number of alkyl halides is 3. The first-order valence-corrected chi connectivity index (χ1v) is 10.3. The predicted octanol–water partition coefficient (Wildman–Crippen LogP) is 4.18. The van der Waals surface area contributed by atoms with Gasteiger partial charge in [0, 0.05) is 17.6 Å². The van der Waals surface area contributed by atoms with E-state index in [0.29, 0.717) is 11.4 Å². The molecule has 174 valence electrons. The van der Waals surface area contributed by atoms with E-state index < -0.39 is 34.6 Å². The summed E-state index contributed by atoms with van der Waals surface area (Å²) in [6, 6.07) is 12.5. The molecule has 4 aromatic rings. The Hall–Kier alpha value is -4.21. The van der Waals surface area contributed by atoms with Crippen molar-refractivity contribution >= 4 is 22.5 Å². The van der Waals surface area contributed by atoms with Gasteiger partial charge in [-0.2, -0.15) is 13.2 Å². The first kappa shape index (κ1) is 23.0. The molecule has 2 aromatic heterocycles. The van der Waals surface area contributed by atoms with Crippen LogP contribution in [0.5, 0.6) is 0 Å². The van der Waals surface area contributed by atoms with Crippen LogP contribution in [0.15, 0.2) is 65.6 Å². The molecule has 2 heterocycles. The quantitative estimate of drug-likeness (QED) is 0.469. The maximum Gasteiger partial charge on any atom is 0.417 e. The van der Waals surface area contributed by atoms with Crippen molar-refractivity contribution in [3.8, 4) is 5.69 Å². The van der Waals surface area contributed by atoms with Gasteiger partial charge >= 0.3 is 6.18 Å². The number of amides is 1. The van der Waals surface area contributed by atoms with Crippen LogP contribution in [0.1, 0.15) is 40.4 Å². The van der Waals surface area contributed by atoms with Gasteiger partial charge in [-0.3, -0.25) is 14.2 Å². The molecular formula is C24H20F3N5O2. The number of benzene rings is 2. The highest BCUT2D eigenvalue weighted by Crippen LogP contribution is 2.34. The van der Waals surface area contributed by atoms with E-state index in [2.05, 4.69) is 15.3 Å². The summed E-state index contributed by atoms with van der Waals surface area (Å²) >= 11 is 0. The monoisotopic (exact) mass is 467 g/mol. The molecule has 0 fully saturated rings. The lowest BCUT2D eigenvalue weighted by Crippen LogP contribution is -2.33. The molecule has 0 aliphatic carbocycles. The molecule has 0 radical (unpaired) electrons. The fourth-order valence-electron chi connectivity index (χ4n) is 3.79. The lowest BCUT2D eigenvalue weighted by molar-refractivity contribution is -0.136. The number of anilines is 1. The second kappa shape index (κ2) is 8.62. The maximum atomic E-state index is 13.7. The zero-order valence-electron chi connectivity index (χ0n) is 18.2. The predicted molar refractivity (Wildman–Crippen MR) is 122 cm³/mol. The molecule has 0 bridgehead atoms. The zero-order valence-corrected chi connectivity index (χ0v) is 18.2. The molecule has 0 saturated heterocycles. The molecule has 0 spiro atoms. The number of pyridine rings is 1. The van der Waals surface area contributed by atoms with E-state index in [1.165, 1.54) is 29.0 Å². The molecule has 2 aromatic carbocycles. The molecule has 0 aliphatic heterocycles. The second-order valence-electron chi connectivity index (χ2n) is 7.75. The minimum absolute atomic E-state index is 0.0570. The number of nitrogens with zero attached hydrogens (tertiary/aromatic N) is 3. The van der Waals surface area contributed by atoms with Crippen molar-refractivity contribution in [1.82, 2.24) is 19.9 Å². The summed E-state index contributed by atoms with van der Waals surface area (Å²) in [4.78, 5) is 34.3. The first-order chi connectivity index (χ1) is 16.1. The van der Waals surface area contributed by atoms with Crippen LogP contribution in [-0.4, -0.2) is 20.4 Å². The van der Waals surface area contributed by atoms with E-state index in [1.807, 2.05) is 0 Å². The Labute approximate surface area is 192 Å². The number of nitrogens with two attached hydrogens (primary N) is 1. The van der Waals surface area contributed by atoms with Crippen LogP contribution in [-0.2, 0) is 6.18 Å². The minimum atomic E-state index is -4.71. The van der Waals surface area contributed by atoms with Crippen molar-refractivity contribution in [2.45, 2.75) is 26.1 Å². The summed E-state index contributed by atoms with van der Waals surface area (Å²) in [5.41, 5.74) is 5.04. The highest BCUT2D eigenvalue weighted by atomic mass is 19.4. The van der Waals surface area contributed by atoms with Crippen LogP contribution in [0.3, 0.4) is 0 Å². The number of hydrogen-bond donors (Lipinski definition) is 2. The Morgan fingerprint density at radius 2 is 1.82 bits per heavy atom.